The number of carbonyl (C=O) groups is 1. The zero-order valence-electron chi connectivity index (χ0n) is 18.9. The summed E-state index contributed by atoms with van der Waals surface area (Å²) in [6.07, 6.45) is 8.10. The molecule has 33 heavy (non-hydrogen) atoms. The van der Waals surface area contributed by atoms with Crippen LogP contribution in [0.2, 0.25) is 0 Å². The van der Waals surface area contributed by atoms with Crippen LogP contribution in [-0.4, -0.2) is 35.6 Å². The van der Waals surface area contributed by atoms with E-state index in [1.807, 2.05) is 0 Å². The largest absolute Gasteiger partial charge is 0.449 e. The lowest BCUT2D eigenvalue weighted by atomic mass is 9.78. The molecule has 3 aliphatic rings. The second kappa shape index (κ2) is 7.90. The van der Waals surface area contributed by atoms with Crippen LogP contribution in [-0.2, 0) is 9.53 Å². The van der Waals surface area contributed by atoms with Crippen molar-refractivity contribution in [3.8, 4) is 11.8 Å². The van der Waals surface area contributed by atoms with Crippen LogP contribution in [0.1, 0.15) is 38.2 Å². The summed E-state index contributed by atoms with van der Waals surface area (Å²) in [6.45, 7) is 4.03. The molecular weight excluding hydrogens is 406 g/mol. The smallest absolute Gasteiger partial charge is 0.332 e. The summed E-state index contributed by atoms with van der Waals surface area (Å²) >= 11 is 0. The van der Waals surface area contributed by atoms with Gasteiger partial charge in [-0.05, 0) is 53.4 Å². The molecule has 0 bridgehead atoms. The van der Waals surface area contributed by atoms with Crippen LogP contribution in [0.4, 0.5) is 0 Å². The molecule has 0 radical (unpaired) electrons. The molecule has 1 fully saturated rings. The number of hydrogen-bond donors (Lipinski definition) is 0. The van der Waals surface area contributed by atoms with E-state index in [1.54, 1.807) is 6.08 Å². The molecule has 2 atom stereocenters. The Balaban J connectivity index is 1.50. The van der Waals surface area contributed by atoms with E-state index in [4.69, 9.17) is 4.74 Å². The minimum atomic E-state index is -0.583. The maximum atomic E-state index is 12.5. The molecule has 6 rings (SSSR count). The Morgan fingerprint density at radius 3 is 2.67 bits per heavy atom. The summed E-state index contributed by atoms with van der Waals surface area (Å²) in [5.74, 6) is 6.73. The Bertz CT molecular complexity index is 1400. The molecule has 0 aromatic heterocycles. The highest BCUT2D eigenvalue weighted by Crippen LogP contribution is 2.45. The van der Waals surface area contributed by atoms with Crippen molar-refractivity contribution in [1.82, 2.24) is 4.90 Å². The van der Waals surface area contributed by atoms with Crippen LogP contribution in [0.3, 0.4) is 0 Å². The van der Waals surface area contributed by atoms with Gasteiger partial charge in [-0.3, -0.25) is 4.90 Å². The normalized spacial score (nSPS) is 24.8. The van der Waals surface area contributed by atoms with E-state index < -0.39 is 5.60 Å². The number of fused-ring (bicyclic) bond motifs is 6. The molecule has 3 aliphatic heterocycles. The quantitative estimate of drug-likeness (QED) is 0.277. The van der Waals surface area contributed by atoms with Crippen molar-refractivity contribution in [3.63, 3.8) is 0 Å². The Labute approximate surface area is 194 Å². The first-order valence-corrected chi connectivity index (χ1v) is 12.0. The van der Waals surface area contributed by atoms with Gasteiger partial charge in [-0.25, -0.2) is 4.79 Å². The molecule has 0 spiro atoms. The molecule has 164 valence electrons. The summed E-state index contributed by atoms with van der Waals surface area (Å²) < 4.78 is 6.08. The second-order valence-corrected chi connectivity index (χ2v) is 9.29. The van der Waals surface area contributed by atoms with E-state index in [9.17, 15) is 4.79 Å². The van der Waals surface area contributed by atoms with Crippen molar-refractivity contribution in [2.45, 2.75) is 44.2 Å². The van der Waals surface area contributed by atoms with Gasteiger partial charge in [0, 0.05) is 29.3 Å². The van der Waals surface area contributed by atoms with E-state index in [-0.39, 0.29) is 12.0 Å². The lowest BCUT2D eigenvalue weighted by Crippen LogP contribution is -2.55. The van der Waals surface area contributed by atoms with Gasteiger partial charge in [0.25, 0.3) is 0 Å². The second-order valence-electron chi connectivity index (χ2n) is 9.29. The van der Waals surface area contributed by atoms with Crippen LogP contribution in [0, 0.1) is 11.8 Å². The SMILES string of the molecule is CC[C@]12OC(=O)C=C1C(C#Cc1cc3ccccc3c3ccccc13)=CCN1CCCC[C@@H]12. The summed E-state index contributed by atoms with van der Waals surface area (Å²) in [4.78, 5) is 15.0. The number of esters is 1. The zero-order chi connectivity index (χ0) is 22.4. The van der Waals surface area contributed by atoms with Gasteiger partial charge in [-0.1, -0.05) is 79.8 Å². The number of benzene rings is 3. The number of piperidine rings is 1. The van der Waals surface area contributed by atoms with Crippen LogP contribution >= 0.6 is 0 Å². The molecule has 0 aliphatic carbocycles. The third-order valence-electron chi connectivity index (χ3n) is 7.60. The summed E-state index contributed by atoms with van der Waals surface area (Å²) in [5.41, 5.74) is 2.34. The monoisotopic (exact) mass is 433 g/mol. The molecule has 3 aromatic rings. The topological polar surface area (TPSA) is 29.5 Å². The zero-order valence-corrected chi connectivity index (χ0v) is 18.9. The standard InChI is InChI=1S/C30H27NO2/c1-2-30-27(20-29(32)33-30)21(16-18-31-17-8-7-13-28(30)31)14-15-23-19-22-9-3-4-10-24(22)26-12-6-5-11-25(23)26/h3-6,9-12,16,19-20,28H,2,7-8,13,17-18H2,1H3/t28-,30+/m1/s1. The van der Waals surface area contributed by atoms with Gasteiger partial charge >= 0.3 is 5.97 Å². The molecule has 1 saturated heterocycles. The number of rotatable bonds is 1. The Kier molecular flexibility index (Phi) is 4.85. The predicted molar refractivity (Wildman–Crippen MR) is 133 cm³/mol. The first-order valence-electron chi connectivity index (χ1n) is 12.0. The fourth-order valence-corrected chi connectivity index (χ4v) is 6.02. The molecule has 0 unspecified atom stereocenters. The average Bonchev–Trinajstić information content (AvgIpc) is 3.15. The molecule has 0 N–H and O–H groups in total. The summed E-state index contributed by atoms with van der Waals surface area (Å²) in [6, 6.07) is 19.3. The number of ether oxygens (including phenoxy) is 1. The first-order chi connectivity index (χ1) is 16.2. The van der Waals surface area contributed by atoms with E-state index in [0.29, 0.717) is 0 Å². The fraction of sp³-hybridized carbons (Fsp3) is 0.300. The Morgan fingerprint density at radius 1 is 1.03 bits per heavy atom. The molecule has 3 heteroatoms. The van der Waals surface area contributed by atoms with Crippen LogP contribution in [0.25, 0.3) is 21.5 Å². The van der Waals surface area contributed by atoms with Crippen molar-refractivity contribution in [2.75, 3.05) is 13.1 Å². The third-order valence-corrected chi connectivity index (χ3v) is 7.60. The maximum absolute atomic E-state index is 12.5. The van der Waals surface area contributed by atoms with Gasteiger partial charge < -0.3 is 4.74 Å². The van der Waals surface area contributed by atoms with Gasteiger partial charge in [-0.15, -0.1) is 0 Å². The van der Waals surface area contributed by atoms with Gasteiger partial charge in [0.05, 0.1) is 6.04 Å². The number of carbonyl (C=O) groups excluding carboxylic acids is 1. The predicted octanol–water partition coefficient (Wildman–Crippen LogP) is 5.77. The van der Waals surface area contributed by atoms with Crippen molar-refractivity contribution in [1.29, 1.82) is 0 Å². The van der Waals surface area contributed by atoms with E-state index in [2.05, 4.69) is 84.3 Å². The average molecular weight is 434 g/mol. The van der Waals surface area contributed by atoms with Crippen LogP contribution in [0.5, 0.6) is 0 Å². The number of hydrogen-bond acceptors (Lipinski definition) is 3. The van der Waals surface area contributed by atoms with Crippen molar-refractivity contribution in [3.05, 3.63) is 83.5 Å². The summed E-state index contributed by atoms with van der Waals surface area (Å²) in [5, 5.41) is 4.80. The van der Waals surface area contributed by atoms with Gasteiger partial charge in [0.2, 0.25) is 0 Å². The lowest BCUT2D eigenvalue weighted by Gasteiger charge is -2.44. The van der Waals surface area contributed by atoms with Crippen molar-refractivity contribution < 1.29 is 9.53 Å². The maximum Gasteiger partial charge on any atom is 0.332 e. The van der Waals surface area contributed by atoms with E-state index in [1.165, 1.54) is 29.0 Å². The minimum absolute atomic E-state index is 0.228. The van der Waals surface area contributed by atoms with Crippen LogP contribution < -0.4 is 0 Å². The molecule has 0 amide bonds. The lowest BCUT2D eigenvalue weighted by molar-refractivity contribution is -0.153. The molecular formula is C30H27NO2. The van der Waals surface area contributed by atoms with Gasteiger partial charge in [-0.2, -0.15) is 0 Å². The minimum Gasteiger partial charge on any atom is -0.449 e. The summed E-state index contributed by atoms with van der Waals surface area (Å²) in [7, 11) is 0. The molecule has 3 nitrogen and oxygen atoms in total. The molecule has 3 heterocycles. The van der Waals surface area contributed by atoms with Crippen molar-refractivity contribution in [2.24, 2.45) is 0 Å². The van der Waals surface area contributed by atoms with Crippen molar-refractivity contribution >= 4 is 27.5 Å². The number of nitrogens with zero attached hydrogens (tertiary/aromatic N) is 1. The molecule has 3 aromatic carbocycles. The fourth-order valence-electron chi connectivity index (χ4n) is 6.02. The third kappa shape index (κ3) is 3.21. The highest BCUT2D eigenvalue weighted by Gasteiger charge is 2.52. The molecule has 0 saturated carbocycles. The highest BCUT2D eigenvalue weighted by atomic mass is 16.6. The van der Waals surface area contributed by atoms with Gasteiger partial charge in [0.15, 0.2) is 5.60 Å². The first kappa shape index (κ1) is 20.3. The van der Waals surface area contributed by atoms with Gasteiger partial charge in [0.1, 0.15) is 0 Å². The highest BCUT2D eigenvalue weighted by molar-refractivity contribution is 6.10. The Hall–Kier alpha value is -3.35. The van der Waals surface area contributed by atoms with Crippen LogP contribution in [0.15, 0.2) is 77.9 Å². The Morgan fingerprint density at radius 2 is 1.82 bits per heavy atom. The van der Waals surface area contributed by atoms with E-state index in [0.717, 1.165) is 48.0 Å². The van der Waals surface area contributed by atoms with E-state index >= 15 is 0 Å².